The van der Waals surface area contributed by atoms with Gasteiger partial charge < -0.3 is 4.42 Å². The van der Waals surface area contributed by atoms with Crippen LogP contribution in [-0.2, 0) is 0 Å². The third-order valence-corrected chi connectivity index (χ3v) is 2.13. The van der Waals surface area contributed by atoms with Gasteiger partial charge in [-0.1, -0.05) is 0 Å². The van der Waals surface area contributed by atoms with Crippen LogP contribution >= 0.6 is 0 Å². The fourth-order valence-electron chi connectivity index (χ4n) is 1.34. The first-order valence-electron chi connectivity index (χ1n) is 4.72. The van der Waals surface area contributed by atoms with Crippen molar-refractivity contribution in [3.05, 3.63) is 41.9 Å². The van der Waals surface area contributed by atoms with Gasteiger partial charge in [0.2, 0.25) is 0 Å². The van der Waals surface area contributed by atoms with Crippen molar-refractivity contribution in [2.24, 2.45) is 0 Å². The van der Waals surface area contributed by atoms with Gasteiger partial charge in [0.1, 0.15) is 5.76 Å². The Morgan fingerprint density at radius 3 is 2.81 bits per heavy atom. The zero-order valence-corrected chi connectivity index (χ0v) is 8.64. The molecular weight excluding hydrogens is 206 g/mol. The Labute approximate surface area is 91.9 Å². The van der Waals surface area contributed by atoms with Crippen LogP contribution in [0.3, 0.4) is 0 Å². The van der Waals surface area contributed by atoms with Crippen molar-refractivity contribution < 1.29 is 14.0 Å². The van der Waals surface area contributed by atoms with Gasteiger partial charge in [0.15, 0.2) is 17.8 Å². The van der Waals surface area contributed by atoms with E-state index in [9.17, 15) is 9.59 Å². The van der Waals surface area contributed by atoms with Crippen molar-refractivity contribution in [3.8, 4) is 11.3 Å². The summed E-state index contributed by atoms with van der Waals surface area (Å²) >= 11 is 0. The maximum atomic E-state index is 11.0. The number of aldehydes is 1. The van der Waals surface area contributed by atoms with Crippen LogP contribution < -0.4 is 0 Å². The van der Waals surface area contributed by atoms with Crippen LogP contribution in [-0.4, -0.2) is 17.1 Å². The van der Waals surface area contributed by atoms with Gasteiger partial charge in [-0.25, -0.2) is 0 Å². The van der Waals surface area contributed by atoms with Gasteiger partial charge in [0, 0.05) is 30.4 Å². The van der Waals surface area contributed by atoms with Crippen LogP contribution in [0.15, 0.2) is 35.0 Å². The topological polar surface area (TPSA) is 60.2 Å². The lowest BCUT2D eigenvalue weighted by Gasteiger charge is -1.96. The van der Waals surface area contributed by atoms with Crippen molar-refractivity contribution in [1.82, 2.24) is 4.98 Å². The molecule has 80 valence electrons. The molecule has 0 unspecified atom stereocenters. The summed E-state index contributed by atoms with van der Waals surface area (Å²) in [5.41, 5.74) is 1.15. The van der Waals surface area contributed by atoms with Gasteiger partial charge in [-0.05, 0) is 18.2 Å². The van der Waals surface area contributed by atoms with Crippen LogP contribution in [0.4, 0.5) is 0 Å². The van der Waals surface area contributed by atoms with E-state index in [0.29, 0.717) is 28.9 Å². The molecule has 0 bridgehead atoms. The van der Waals surface area contributed by atoms with Crippen molar-refractivity contribution in [1.29, 1.82) is 0 Å². The van der Waals surface area contributed by atoms with Gasteiger partial charge in [0.25, 0.3) is 0 Å². The van der Waals surface area contributed by atoms with Crippen LogP contribution in [0.2, 0.25) is 0 Å². The van der Waals surface area contributed by atoms with E-state index in [0.717, 1.165) is 0 Å². The predicted octanol–water partition coefficient (Wildman–Crippen LogP) is 2.36. The molecule has 0 atom stereocenters. The van der Waals surface area contributed by atoms with Gasteiger partial charge >= 0.3 is 0 Å². The fraction of sp³-hybridized carbons (Fsp3) is 0.0833. The summed E-state index contributed by atoms with van der Waals surface area (Å²) in [7, 11) is 0. The average Bonchev–Trinajstić information content (AvgIpc) is 2.78. The summed E-state index contributed by atoms with van der Waals surface area (Å²) in [4.78, 5) is 25.5. The summed E-state index contributed by atoms with van der Waals surface area (Å²) in [5.74, 6) is 0.693. The number of pyridine rings is 1. The molecule has 2 aromatic rings. The maximum absolute atomic E-state index is 11.0. The second-order valence-electron chi connectivity index (χ2n) is 3.34. The minimum absolute atomic E-state index is 0.134. The van der Waals surface area contributed by atoms with Crippen LogP contribution in [0.5, 0.6) is 0 Å². The quantitative estimate of drug-likeness (QED) is 0.582. The number of carbonyl (C=O) groups is 2. The number of rotatable bonds is 3. The summed E-state index contributed by atoms with van der Waals surface area (Å²) in [6, 6.07) is 4.94. The first-order chi connectivity index (χ1) is 7.70. The third-order valence-electron chi connectivity index (χ3n) is 2.13. The Morgan fingerprint density at radius 2 is 2.19 bits per heavy atom. The Bertz CT molecular complexity index is 543. The molecule has 0 amide bonds. The SMILES string of the molecule is CC(=O)c1ccc(-c2cncc(C=O)c2)o1. The highest BCUT2D eigenvalue weighted by Crippen LogP contribution is 2.22. The van der Waals surface area contributed by atoms with E-state index >= 15 is 0 Å². The van der Waals surface area contributed by atoms with Crippen LogP contribution in [0.1, 0.15) is 27.8 Å². The lowest BCUT2D eigenvalue weighted by Crippen LogP contribution is -1.87. The number of ketones is 1. The zero-order valence-electron chi connectivity index (χ0n) is 8.64. The van der Waals surface area contributed by atoms with E-state index < -0.39 is 0 Å². The molecule has 0 saturated carbocycles. The maximum Gasteiger partial charge on any atom is 0.194 e. The van der Waals surface area contributed by atoms with E-state index in [4.69, 9.17) is 4.42 Å². The second kappa shape index (κ2) is 4.10. The first-order valence-corrected chi connectivity index (χ1v) is 4.72. The highest BCUT2D eigenvalue weighted by molar-refractivity contribution is 5.91. The van der Waals surface area contributed by atoms with Crippen molar-refractivity contribution in [2.75, 3.05) is 0 Å². The zero-order chi connectivity index (χ0) is 11.5. The molecular formula is C12H9NO3. The molecule has 2 rings (SSSR count). The summed E-state index contributed by atoms with van der Waals surface area (Å²) < 4.78 is 5.33. The first kappa shape index (κ1) is 10.3. The molecule has 2 aromatic heterocycles. The Balaban J connectivity index is 2.42. The smallest absolute Gasteiger partial charge is 0.194 e. The number of furan rings is 1. The molecule has 4 nitrogen and oxygen atoms in total. The number of Topliss-reactive ketones (excluding diaryl/α,β-unsaturated/α-hetero) is 1. The highest BCUT2D eigenvalue weighted by Gasteiger charge is 2.08. The number of aromatic nitrogens is 1. The van der Waals surface area contributed by atoms with Crippen molar-refractivity contribution in [2.45, 2.75) is 6.92 Å². The molecule has 0 aliphatic rings. The molecule has 2 heterocycles. The van der Waals surface area contributed by atoms with E-state index in [-0.39, 0.29) is 5.78 Å². The largest absolute Gasteiger partial charge is 0.453 e. The molecule has 0 fully saturated rings. The Morgan fingerprint density at radius 1 is 1.38 bits per heavy atom. The Kier molecular flexibility index (Phi) is 2.64. The normalized spacial score (nSPS) is 10.1. The minimum Gasteiger partial charge on any atom is -0.453 e. The highest BCUT2D eigenvalue weighted by atomic mass is 16.3. The molecule has 0 aliphatic heterocycles. The van der Waals surface area contributed by atoms with E-state index in [1.54, 1.807) is 24.4 Å². The van der Waals surface area contributed by atoms with E-state index in [1.165, 1.54) is 13.1 Å². The van der Waals surface area contributed by atoms with Gasteiger partial charge in [-0.3, -0.25) is 14.6 Å². The number of hydrogen-bond donors (Lipinski definition) is 0. The van der Waals surface area contributed by atoms with Crippen molar-refractivity contribution in [3.63, 3.8) is 0 Å². The molecule has 0 spiro atoms. The summed E-state index contributed by atoms with van der Waals surface area (Å²) in [6.07, 6.45) is 3.76. The summed E-state index contributed by atoms with van der Waals surface area (Å²) in [6.45, 7) is 1.43. The molecule has 0 radical (unpaired) electrons. The number of nitrogens with zero attached hydrogens (tertiary/aromatic N) is 1. The van der Waals surface area contributed by atoms with Gasteiger partial charge in [-0.15, -0.1) is 0 Å². The third kappa shape index (κ3) is 1.91. The van der Waals surface area contributed by atoms with E-state index in [1.807, 2.05) is 0 Å². The lowest BCUT2D eigenvalue weighted by atomic mass is 10.2. The van der Waals surface area contributed by atoms with Crippen LogP contribution in [0.25, 0.3) is 11.3 Å². The minimum atomic E-state index is -0.134. The second-order valence-corrected chi connectivity index (χ2v) is 3.34. The molecule has 0 aromatic carbocycles. The molecule has 0 N–H and O–H groups in total. The van der Waals surface area contributed by atoms with Crippen molar-refractivity contribution >= 4 is 12.1 Å². The lowest BCUT2D eigenvalue weighted by molar-refractivity contribution is 0.0987. The molecule has 0 aliphatic carbocycles. The number of hydrogen-bond acceptors (Lipinski definition) is 4. The predicted molar refractivity (Wildman–Crippen MR) is 57.3 cm³/mol. The van der Waals surface area contributed by atoms with Gasteiger partial charge in [-0.2, -0.15) is 0 Å². The summed E-state index contributed by atoms with van der Waals surface area (Å²) in [5, 5.41) is 0. The Hall–Kier alpha value is -2.23. The molecule has 0 saturated heterocycles. The number of carbonyl (C=O) groups excluding carboxylic acids is 2. The average molecular weight is 215 g/mol. The van der Waals surface area contributed by atoms with Gasteiger partial charge in [0.05, 0.1) is 0 Å². The standard InChI is InChI=1S/C12H9NO3/c1-8(15)11-2-3-12(16-11)10-4-9(7-14)5-13-6-10/h2-7H,1H3. The van der Waals surface area contributed by atoms with E-state index in [2.05, 4.69) is 4.98 Å². The monoisotopic (exact) mass is 215 g/mol. The fourth-order valence-corrected chi connectivity index (χ4v) is 1.34. The van der Waals surface area contributed by atoms with Crippen LogP contribution in [0, 0.1) is 0 Å². The molecule has 4 heteroatoms. The molecule has 16 heavy (non-hydrogen) atoms.